The first kappa shape index (κ1) is 32.3. The fourth-order valence-corrected chi connectivity index (χ4v) is 5.91. The van der Waals surface area contributed by atoms with E-state index in [0.29, 0.717) is 18.1 Å². The summed E-state index contributed by atoms with van der Waals surface area (Å²) in [5, 5.41) is 19.5. The molecule has 2 aromatic carbocycles. The van der Waals surface area contributed by atoms with Crippen LogP contribution in [-0.2, 0) is 11.2 Å². The molecule has 0 heterocycles. The normalized spacial score (nSPS) is 15.9. The third kappa shape index (κ3) is 8.86. The molecular formula is C36H50N2O3. The summed E-state index contributed by atoms with van der Waals surface area (Å²) >= 11 is 0. The number of hydrogen-bond acceptors (Lipinski definition) is 4. The number of fused-ring (bicyclic) bond motifs is 1. The number of aliphatic carboxylic acids is 1. The molecule has 5 nitrogen and oxygen atoms in total. The number of anilines is 1. The van der Waals surface area contributed by atoms with E-state index in [9.17, 15) is 15.2 Å². The minimum absolute atomic E-state index is 0.200. The number of hydrogen-bond donors (Lipinski definition) is 2. The van der Waals surface area contributed by atoms with Gasteiger partial charge in [0, 0.05) is 11.6 Å². The number of carboxylic acid groups (broad SMARTS) is 1. The van der Waals surface area contributed by atoms with E-state index in [-0.39, 0.29) is 11.5 Å². The minimum Gasteiger partial charge on any atom is -0.494 e. The number of benzene rings is 2. The van der Waals surface area contributed by atoms with Gasteiger partial charge in [-0.05, 0) is 64.8 Å². The average molecular weight is 559 g/mol. The lowest BCUT2D eigenvalue weighted by Crippen LogP contribution is -2.24. The average Bonchev–Trinajstić information content (AvgIpc) is 2.96. The van der Waals surface area contributed by atoms with Crippen LogP contribution in [0.5, 0.6) is 5.75 Å². The van der Waals surface area contributed by atoms with Crippen LogP contribution in [0.4, 0.5) is 5.69 Å². The van der Waals surface area contributed by atoms with Gasteiger partial charge in [0.15, 0.2) is 0 Å². The minimum atomic E-state index is -1.19. The van der Waals surface area contributed by atoms with Gasteiger partial charge in [0.05, 0.1) is 6.61 Å². The van der Waals surface area contributed by atoms with Crippen LogP contribution in [0.1, 0.15) is 132 Å². The second-order valence-electron chi connectivity index (χ2n) is 11.8. The summed E-state index contributed by atoms with van der Waals surface area (Å²) in [6, 6.07) is 13.6. The van der Waals surface area contributed by atoms with E-state index in [2.05, 4.69) is 20.8 Å². The maximum absolute atomic E-state index is 12.0. The number of rotatable bonds is 19. The first-order chi connectivity index (χ1) is 19.9. The molecule has 0 fully saturated rings. The molecule has 2 unspecified atom stereocenters. The Labute approximate surface area is 247 Å². The molecule has 1 aliphatic carbocycles. The third-order valence-electron chi connectivity index (χ3n) is 8.59. The molecule has 5 heteroatoms. The topological polar surface area (TPSA) is 96.3 Å². The molecule has 2 aromatic rings. The van der Waals surface area contributed by atoms with Crippen molar-refractivity contribution in [2.45, 2.75) is 117 Å². The maximum Gasteiger partial charge on any atom is 0.346 e. The highest BCUT2D eigenvalue weighted by Crippen LogP contribution is 2.54. The molecule has 0 aliphatic heterocycles. The number of nitrogens with two attached hydrogens (primary N) is 1. The van der Waals surface area contributed by atoms with Crippen LogP contribution >= 0.6 is 0 Å². The van der Waals surface area contributed by atoms with Gasteiger partial charge in [0.2, 0.25) is 0 Å². The largest absolute Gasteiger partial charge is 0.494 e. The van der Waals surface area contributed by atoms with Gasteiger partial charge in [0.25, 0.3) is 0 Å². The Kier molecular flexibility index (Phi) is 13.3. The van der Waals surface area contributed by atoms with E-state index in [0.717, 1.165) is 53.0 Å². The van der Waals surface area contributed by atoms with Crippen LogP contribution in [0.25, 0.3) is 5.57 Å². The summed E-state index contributed by atoms with van der Waals surface area (Å²) in [5.74, 6) is -0.221. The molecule has 3 rings (SSSR count). The van der Waals surface area contributed by atoms with Crippen LogP contribution in [0.15, 0.2) is 42.0 Å². The Hall–Kier alpha value is -3.26. The summed E-state index contributed by atoms with van der Waals surface area (Å²) < 4.78 is 6.02. The highest BCUT2D eigenvalue weighted by molar-refractivity contribution is 6.06. The molecule has 0 saturated heterocycles. The second-order valence-corrected chi connectivity index (χ2v) is 11.8. The van der Waals surface area contributed by atoms with Gasteiger partial charge in [-0.15, -0.1) is 0 Å². The van der Waals surface area contributed by atoms with E-state index >= 15 is 0 Å². The van der Waals surface area contributed by atoms with Gasteiger partial charge in [-0.3, -0.25) is 0 Å². The fraction of sp³-hybridized carbons (Fsp3) is 0.556. The molecule has 0 spiro atoms. The molecule has 0 radical (unpaired) electrons. The summed E-state index contributed by atoms with van der Waals surface area (Å²) in [4.78, 5) is 12.0. The fourth-order valence-electron chi connectivity index (χ4n) is 5.91. The molecule has 0 aromatic heterocycles. The van der Waals surface area contributed by atoms with Crippen molar-refractivity contribution >= 4 is 17.2 Å². The van der Waals surface area contributed by atoms with Crippen molar-refractivity contribution in [2.75, 3.05) is 12.3 Å². The van der Waals surface area contributed by atoms with Gasteiger partial charge in [-0.25, -0.2) is 4.79 Å². The molecule has 2 atom stereocenters. The lowest BCUT2D eigenvalue weighted by atomic mass is 9.64. The standard InChI is InChI=1S/C36H50N2O3/c1-4-6-7-8-9-10-11-12-13-14-15-16-23-41-28-19-17-27(18-20-28)33-34-29(35(33)31(25-37)36(39)40)21-22-32(38)30(34)24-26(3)5-2/h17-22,26,33H,4-16,23-24,38H2,1-3H3,(H,39,40). The Morgan fingerprint density at radius 3 is 2.05 bits per heavy atom. The summed E-state index contributed by atoms with van der Waals surface area (Å²) in [5.41, 5.74) is 11.4. The van der Waals surface area contributed by atoms with Gasteiger partial charge in [-0.2, -0.15) is 5.26 Å². The van der Waals surface area contributed by atoms with Crippen molar-refractivity contribution in [3.63, 3.8) is 0 Å². The predicted octanol–water partition coefficient (Wildman–Crippen LogP) is 9.44. The predicted molar refractivity (Wildman–Crippen MR) is 169 cm³/mol. The molecule has 222 valence electrons. The third-order valence-corrected chi connectivity index (χ3v) is 8.59. The van der Waals surface area contributed by atoms with Gasteiger partial charge >= 0.3 is 5.97 Å². The van der Waals surface area contributed by atoms with E-state index in [4.69, 9.17) is 10.5 Å². The van der Waals surface area contributed by atoms with E-state index in [1.54, 1.807) is 0 Å². The van der Waals surface area contributed by atoms with E-state index < -0.39 is 5.97 Å². The number of nitriles is 1. The van der Waals surface area contributed by atoms with Crippen molar-refractivity contribution in [2.24, 2.45) is 5.92 Å². The number of nitrogen functional groups attached to an aromatic ring is 1. The second kappa shape index (κ2) is 16.9. The molecular weight excluding hydrogens is 508 g/mol. The van der Waals surface area contributed by atoms with Crippen LogP contribution in [0, 0.1) is 17.2 Å². The van der Waals surface area contributed by atoms with Crippen LogP contribution in [0.2, 0.25) is 0 Å². The Bertz CT molecular complexity index is 1190. The zero-order valence-corrected chi connectivity index (χ0v) is 25.5. The number of ether oxygens (including phenoxy) is 1. The highest BCUT2D eigenvalue weighted by Gasteiger charge is 2.40. The number of carboxylic acids is 1. The molecule has 41 heavy (non-hydrogen) atoms. The van der Waals surface area contributed by atoms with E-state index in [1.807, 2.05) is 42.5 Å². The Balaban J connectivity index is 1.56. The lowest BCUT2D eigenvalue weighted by molar-refractivity contribution is -0.132. The smallest absolute Gasteiger partial charge is 0.346 e. The van der Waals surface area contributed by atoms with Gasteiger partial charge in [0.1, 0.15) is 17.4 Å². The van der Waals surface area contributed by atoms with Crippen molar-refractivity contribution in [1.29, 1.82) is 5.26 Å². The van der Waals surface area contributed by atoms with Gasteiger partial charge < -0.3 is 15.6 Å². The zero-order valence-electron chi connectivity index (χ0n) is 25.5. The molecule has 3 N–H and O–H groups in total. The molecule has 0 amide bonds. The van der Waals surface area contributed by atoms with Crippen LogP contribution in [-0.4, -0.2) is 17.7 Å². The first-order valence-electron chi connectivity index (χ1n) is 15.9. The van der Waals surface area contributed by atoms with Crippen molar-refractivity contribution < 1.29 is 14.6 Å². The highest BCUT2D eigenvalue weighted by atomic mass is 16.5. The van der Waals surface area contributed by atoms with Crippen LogP contribution < -0.4 is 10.5 Å². The SMILES string of the molecule is CCCCCCCCCCCCCCOc1ccc(C2C(=C(C#N)C(=O)O)c3ccc(N)c(CC(C)CC)c32)cc1. The number of nitrogens with zero attached hydrogens (tertiary/aromatic N) is 1. The van der Waals surface area contributed by atoms with Crippen molar-refractivity contribution in [1.82, 2.24) is 0 Å². The molecule has 1 aliphatic rings. The maximum atomic E-state index is 12.0. The zero-order chi connectivity index (χ0) is 29.6. The van der Waals surface area contributed by atoms with Gasteiger partial charge in [-0.1, -0.05) is 116 Å². The summed E-state index contributed by atoms with van der Waals surface area (Å²) in [7, 11) is 0. The number of unbranched alkanes of at least 4 members (excludes halogenated alkanes) is 11. The summed E-state index contributed by atoms with van der Waals surface area (Å²) in [6.07, 6.45) is 17.6. The quantitative estimate of drug-likeness (QED) is 0.0774. The first-order valence-corrected chi connectivity index (χ1v) is 15.9. The number of carbonyl (C=O) groups is 1. The van der Waals surface area contributed by atoms with Crippen molar-refractivity contribution in [3.8, 4) is 11.8 Å². The van der Waals surface area contributed by atoms with Crippen molar-refractivity contribution in [3.05, 3.63) is 64.2 Å². The Morgan fingerprint density at radius 1 is 0.927 bits per heavy atom. The molecule has 0 saturated carbocycles. The van der Waals surface area contributed by atoms with E-state index in [1.165, 1.54) is 70.6 Å². The Morgan fingerprint density at radius 2 is 1.51 bits per heavy atom. The van der Waals surface area contributed by atoms with Crippen LogP contribution in [0.3, 0.4) is 0 Å². The lowest BCUT2D eigenvalue weighted by Gasteiger charge is -2.38. The number of allylic oxidation sites excluding steroid dienone is 1. The monoisotopic (exact) mass is 558 g/mol. The molecule has 0 bridgehead atoms. The summed E-state index contributed by atoms with van der Waals surface area (Å²) in [6.45, 7) is 7.32.